The lowest BCUT2D eigenvalue weighted by molar-refractivity contribution is -0.136. The zero-order valence-corrected chi connectivity index (χ0v) is 10.9. The molecule has 0 spiro atoms. The molecule has 0 fully saturated rings. The van der Waals surface area contributed by atoms with Gasteiger partial charge in [-0.15, -0.1) is 0 Å². The molecule has 5 nitrogen and oxygen atoms in total. The van der Waals surface area contributed by atoms with Crippen LogP contribution in [0.1, 0.15) is 29.6 Å². The van der Waals surface area contributed by atoms with Crippen molar-refractivity contribution in [2.75, 3.05) is 13.2 Å². The van der Waals surface area contributed by atoms with Gasteiger partial charge in [-0.2, -0.15) is 0 Å². The van der Waals surface area contributed by atoms with Crippen molar-refractivity contribution in [3.05, 3.63) is 22.7 Å². The standard InChI is InChI=1S/C13H13ClO5/c14-9-7-12-11(18-4-1-5-19-12)6-8(9)10(15)2-3-13(16)17/h6-7H,1-5H2,(H,16,17). The molecule has 19 heavy (non-hydrogen) atoms. The fourth-order valence-corrected chi connectivity index (χ4v) is 2.01. The molecular formula is C13H13ClO5. The number of ketones is 1. The van der Waals surface area contributed by atoms with Gasteiger partial charge in [0.05, 0.1) is 24.7 Å². The molecule has 1 aromatic rings. The van der Waals surface area contributed by atoms with E-state index in [1.165, 1.54) is 12.1 Å². The molecule has 1 heterocycles. The summed E-state index contributed by atoms with van der Waals surface area (Å²) in [7, 11) is 0. The number of fused-ring (bicyclic) bond motifs is 1. The van der Waals surface area contributed by atoms with E-state index in [2.05, 4.69) is 0 Å². The van der Waals surface area contributed by atoms with Crippen LogP contribution < -0.4 is 9.47 Å². The maximum atomic E-state index is 11.9. The van der Waals surface area contributed by atoms with E-state index in [1.807, 2.05) is 0 Å². The number of carbonyl (C=O) groups is 2. The number of hydrogen-bond donors (Lipinski definition) is 1. The number of rotatable bonds is 4. The second-order valence-electron chi connectivity index (χ2n) is 4.15. The largest absolute Gasteiger partial charge is 0.490 e. The molecule has 0 saturated carbocycles. The number of aliphatic carboxylic acids is 1. The third-order valence-corrected chi connectivity index (χ3v) is 3.02. The predicted molar refractivity (Wildman–Crippen MR) is 68.3 cm³/mol. The minimum atomic E-state index is -1.01. The van der Waals surface area contributed by atoms with Crippen LogP contribution in [0.5, 0.6) is 11.5 Å². The van der Waals surface area contributed by atoms with Crippen LogP contribution >= 0.6 is 11.6 Å². The van der Waals surface area contributed by atoms with E-state index < -0.39 is 5.97 Å². The molecule has 0 atom stereocenters. The van der Waals surface area contributed by atoms with Gasteiger partial charge in [0.2, 0.25) is 0 Å². The molecule has 6 heteroatoms. The minimum Gasteiger partial charge on any atom is -0.490 e. The average Bonchev–Trinajstić information content (AvgIpc) is 2.59. The molecule has 0 aromatic heterocycles. The van der Waals surface area contributed by atoms with Crippen LogP contribution in [-0.4, -0.2) is 30.1 Å². The summed E-state index contributed by atoms with van der Waals surface area (Å²) >= 11 is 6.02. The summed E-state index contributed by atoms with van der Waals surface area (Å²) in [5, 5.41) is 8.83. The van der Waals surface area contributed by atoms with Crippen LogP contribution in [0.3, 0.4) is 0 Å². The molecule has 1 aliphatic rings. The van der Waals surface area contributed by atoms with E-state index in [4.69, 9.17) is 26.2 Å². The molecular weight excluding hydrogens is 272 g/mol. The lowest BCUT2D eigenvalue weighted by atomic mass is 10.1. The Hall–Kier alpha value is -1.75. The van der Waals surface area contributed by atoms with Gasteiger partial charge in [-0.25, -0.2) is 0 Å². The van der Waals surface area contributed by atoms with E-state index in [1.54, 1.807) is 0 Å². The molecule has 1 aromatic carbocycles. The monoisotopic (exact) mass is 284 g/mol. The average molecular weight is 285 g/mol. The van der Waals surface area contributed by atoms with E-state index >= 15 is 0 Å². The zero-order chi connectivity index (χ0) is 13.8. The van der Waals surface area contributed by atoms with Crippen LogP contribution in [0, 0.1) is 0 Å². The summed E-state index contributed by atoms with van der Waals surface area (Å²) in [6, 6.07) is 3.06. The van der Waals surface area contributed by atoms with Crippen molar-refractivity contribution in [3.63, 3.8) is 0 Å². The maximum absolute atomic E-state index is 11.9. The number of ether oxygens (including phenoxy) is 2. The Balaban J connectivity index is 2.23. The second kappa shape index (κ2) is 5.93. The van der Waals surface area contributed by atoms with Gasteiger partial charge in [0.25, 0.3) is 0 Å². The predicted octanol–water partition coefficient (Wildman–Crippen LogP) is 2.55. The number of hydrogen-bond acceptors (Lipinski definition) is 4. The lowest BCUT2D eigenvalue weighted by Crippen LogP contribution is -2.05. The highest BCUT2D eigenvalue weighted by molar-refractivity contribution is 6.34. The highest BCUT2D eigenvalue weighted by Crippen LogP contribution is 2.35. The SMILES string of the molecule is O=C(O)CCC(=O)c1cc2c(cc1Cl)OCCCO2. The Morgan fingerprint density at radius 2 is 1.79 bits per heavy atom. The van der Waals surface area contributed by atoms with Gasteiger partial charge in [-0.05, 0) is 6.07 Å². The summed E-state index contributed by atoms with van der Waals surface area (Å²) in [4.78, 5) is 22.4. The highest BCUT2D eigenvalue weighted by Gasteiger charge is 2.18. The Kier molecular flexibility index (Phi) is 4.27. The van der Waals surface area contributed by atoms with Gasteiger partial charge in [0, 0.05) is 24.5 Å². The van der Waals surface area contributed by atoms with Gasteiger partial charge >= 0.3 is 5.97 Å². The van der Waals surface area contributed by atoms with Gasteiger partial charge < -0.3 is 14.6 Å². The van der Waals surface area contributed by atoms with Gasteiger partial charge in [-0.1, -0.05) is 11.6 Å². The molecule has 0 saturated heterocycles. The Morgan fingerprint density at radius 3 is 2.42 bits per heavy atom. The molecule has 0 unspecified atom stereocenters. The van der Waals surface area contributed by atoms with Crippen molar-refractivity contribution in [2.24, 2.45) is 0 Å². The van der Waals surface area contributed by atoms with Crippen LogP contribution in [0.25, 0.3) is 0 Å². The third kappa shape index (κ3) is 3.38. The minimum absolute atomic E-state index is 0.0886. The van der Waals surface area contributed by atoms with E-state index in [0.717, 1.165) is 6.42 Å². The normalized spacial score (nSPS) is 13.7. The zero-order valence-electron chi connectivity index (χ0n) is 10.1. The molecule has 0 amide bonds. The Bertz CT molecular complexity index is 512. The Morgan fingerprint density at radius 1 is 1.16 bits per heavy atom. The van der Waals surface area contributed by atoms with Crippen molar-refractivity contribution in [1.82, 2.24) is 0 Å². The van der Waals surface area contributed by atoms with Crippen LogP contribution in [0.2, 0.25) is 5.02 Å². The van der Waals surface area contributed by atoms with E-state index in [0.29, 0.717) is 24.7 Å². The molecule has 2 rings (SSSR count). The molecule has 1 aliphatic heterocycles. The van der Waals surface area contributed by atoms with Gasteiger partial charge in [0.15, 0.2) is 17.3 Å². The van der Waals surface area contributed by atoms with Crippen molar-refractivity contribution >= 4 is 23.4 Å². The molecule has 1 N–H and O–H groups in total. The van der Waals surface area contributed by atoms with Crippen molar-refractivity contribution in [3.8, 4) is 11.5 Å². The number of carbonyl (C=O) groups excluding carboxylic acids is 1. The van der Waals surface area contributed by atoms with Crippen molar-refractivity contribution in [2.45, 2.75) is 19.3 Å². The summed E-state index contributed by atoms with van der Waals surface area (Å²) < 4.78 is 10.9. The number of carboxylic acid groups (broad SMARTS) is 1. The number of halogens is 1. The van der Waals surface area contributed by atoms with Crippen LogP contribution in [-0.2, 0) is 4.79 Å². The second-order valence-corrected chi connectivity index (χ2v) is 4.55. The number of Topliss-reactive ketones (excluding diaryl/α,β-unsaturated/α-hetero) is 1. The fourth-order valence-electron chi connectivity index (χ4n) is 1.75. The molecule has 0 aliphatic carbocycles. The summed E-state index contributed by atoms with van der Waals surface area (Å²) in [5.41, 5.74) is 0.271. The fraction of sp³-hybridized carbons (Fsp3) is 0.385. The smallest absolute Gasteiger partial charge is 0.303 e. The summed E-state index contributed by atoms with van der Waals surface area (Å²) in [6.07, 6.45) is 0.451. The first-order chi connectivity index (χ1) is 9.08. The topological polar surface area (TPSA) is 72.8 Å². The van der Waals surface area contributed by atoms with Gasteiger partial charge in [0.1, 0.15) is 0 Å². The Labute approximate surface area is 115 Å². The number of benzene rings is 1. The van der Waals surface area contributed by atoms with Crippen LogP contribution in [0.4, 0.5) is 0 Å². The first-order valence-corrected chi connectivity index (χ1v) is 6.30. The van der Waals surface area contributed by atoms with E-state index in [-0.39, 0.29) is 29.2 Å². The summed E-state index contributed by atoms with van der Waals surface area (Å²) in [5.74, 6) is -0.347. The number of carboxylic acids is 1. The highest BCUT2D eigenvalue weighted by atomic mass is 35.5. The third-order valence-electron chi connectivity index (χ3n) is 2.70. The summed E-state index contributed by atoms with van der Waals surface area (Å²) in [6.45, 7) is 1.05. The molecule has 0 radical (unpaired) electrons. The molecule has 102 valence electrons. The molecule has 0 bridgehead atoms. The maximum Gasteiger partial charge on any atom is 0.303 e. The van der Waals surface area contributed by atoms with E-state index in [9.17, 15) is 9.59 Å². The first-order valence-electron chi connectivity index (χ1n) is 5.92. The quantitative estimate of drug-likeness (QED) is 0.860. The van der Waals surface area contributed by atoms with Crippen LogP contribution in [0.15, 0.2) is 12.1 Å². The first kappa shape index (κ1) is 13.7. The lowest BCUT2D eigenvalue weighted by Gasteiger charge is -2.10. The van der Waals surface area contributed by atoms with Gasteiger partial charge in [-0.3, -0.25) is 9.59 Å². The van der Waals surface area contributed by atoms with Crippen molar-refractivity contribution < 1.29 is 24.2 Å². The van der Waals surface area contributed by atoms with Crippen molar-refractivity contribution in [1.29, 1.82) is 0 Å².